The van der Waals surface area contributed by atoms with Crippen LogP contribution in [0.3, 0.4) is 0 Å². The standard InChI is InChI=1S/C39H58O9Si/c1-7-49(8-2,9-3)47-33-25-38(4)34(46-32(33)23-37(40)41)24-36-39(5,48-38)35(44-27-29-17-19-30(42-6)20-18-29)22-31(45-36)16-13-21-43-26-28-14-11-10-12-15-28/h10-12,14-15,17-20,31-36H,7-9,13,16,21-27H2,1-6H3,(H,40,41)/t31-,32+,33-,34-,35+,36+,38+,39-/m0/s1. The van der Waals surface area contributed by atoms with Crippen molar-refractivity contribution in [2.75, 3.05) is 13.7 Å². The molecule has 272 valence electrons. The van der Waals surface area contributed by atoms with Crippen molar-refractivity contribution in [1.82, 2.24) is 0 Å². The van der Waals surface area contributed by atoms with Crippen molar-refractivity contribution >= 4 is 14.3 Å². The number of hydrogen-bond acceptors (Lipinski definition) is 8. The Morgan fingerprint density at radius 3 is 2.27 bits per heavy atom. The second-order valence-corrected chi connectivity index (χ2v) is 19.2. The number of ether oxygens (including phenoxy) is 6. The summed E-state index contributed by atoms with van der Waals surface area (Å²) in [6, 6.07) is 21.1. The fourth-order valence-electron chi connectivity index (χ4n) is 8.04. The van der Waals surface area contributed by atoms with E-state index in [1.807, 2.05) is 42.5 Å². The van der Waals surface area contributed by atoms with E-state index >= 15 is 0 Å². The van der Waals surface area contributed by atoms with Crippen LogP contribution in [-0.2, 0) is 46.1 Å². The molecule has 0 radical (unpaired) electrons. The van der Waals surface area contributed by atoms with Crippen LogP contribution in [0.5, 0.6) is 5.75 Å². The molecule has 0 aromatic heterocycles. The number of benzene rings is 2. The molecule has 3 aliphatic rings. The van der Waals surface area contributed by atoms with E-state index in [0.717, 1.165) is 47.9 Å². The van der Waals surface area contributed by atoms with Crippen LogP contribution in [0.4, 0.5) is 0 Å². The molecule has 5 rings (SSSR count). The van der Waals surface area contributed by atoms with Crippen LogP contribution in [0.2, 0.25) is 18.1 Å². The van der Waals surface area contributed by atoms with Gasteiger partial charge in [-0.3, -0.25) is 4.79 Å². The highest BCUT2D eigenvalue weighted by atomic mass is 28.4. The Morgan fingerprint density at radius 2 is 1.61 bits per heavy atom. The number of fused-ring (bicyclic) bond motifs is 2. The van der Waals surface area contributed by atoms with Crippen molar-refractivity contribution in [2.45, 2.75) is 152 Å². The van der Waals surface area contributed by atoms with Crippen LogP contribution in [0, 0.1) is 0 Å². The summed E-state index contributed by atoms with van der Waals surface area (Å²) in [6.45, 7) is 12.5. The van der Waals surface area contributed by atoms with Gasteiger partial charge >= 0.3 is 5.97 Å². The van der Waals surface area contributed by atoms with Gasteiger partial charge in [0.2, 0.25) is 0 Å². The van der Waals surface area contributed by atoms with Crippen molar-refractivity contribution in [3.63, 3.8) is 0 Å². The minimum atomic E-state index is -2.06. The van der Waals surface area contributed by atoms with Crippen LogP contribution in [-0.4, -0.2) is 80.9 Å². The van der Waals surface area contributed by atoms with Gasteiger partial charge in [-0.1, -0.05) is 63.2 Å². The Hall–Kier alpha value is -2.31. The van der Waals surface area contributed by atoms with Crippen LogP contribution in [0.25, 0.3) is 0 Å². The summed E-state index contributed by atoms with van der Waals surface area (Å²) in [4.78, 5) is 12.0. The van der Waals surface area contributed by atoms with E-state index in [2.05, 4.69) is 46.8 Å². The number of rotatable bonds is 17. The van der Waals surface area contributed by atoms with Gasteiger partial charge in [0.1, 0.15) is 11.4 Å². The zero-order valence-corrected chi connectivity index (χ0v) is 31.4. The monoisotopic (exact) mass is 698 g/mol. The first kappa shape index (κ1) is 37.9. The third-order valence-corrected chi connectivity index (χ3v) is 16.0. The highest BCUT2D eigenvalue weighted by molar-refractivity contribution is 6.73. The SMILES string of the molecule is CC[Si](CC)(CC)O[C@H]1C[C@@]2(C)O[C@@]3(C)[C@H](OCc4ccc(OC)cc4)C[C@H](CCCOCc4ccccc4)O[C@@H]3C[C@@H]2O[C@@H]1CC(=O)O. The number of hydrogen-bond donors (Lipinski definition) is 1. The molecule has 1 N–H and O–H groups in total. The molecular formula is C39H58O9Si. The molecule has 0 bridgehead atoms. The van der Waals surface area contributed by atoms with Gasteiger partial charge in [-0.2, -0.15) is 0 Å². The quantitative estimate of drug-likeness (QED) is 0.132. The fourth-order valence-corrected chi connectivity index (χ4v) is 10.9. The van der Waals surface area contributed by atoms with Gasteiger partial charge in [0.15, 0.2) is 8.32 Å². The lowest BCUT2D eigenvalue weighted by atomic mass is 9.73. The van der Waals surface area contributed by atoms with E-state index in [0.29, 0.717) is 39.1 Å². The van der Waals surface area contributed by atoms with Crippen molar-refractivity contribution < 1.29 is 42.7 Å². The lowest BCUT2D eigenvalue weighted by Gasteiger charge is -2.61. The van der Waals surface area contributed by atoms with Crippen LogP contribution in [0.1, 0.15) is 84.3 Å². The Labute approximate surface area is 294 Å². The van der Waals surface area contributed by atoms with Crippen molar-refractivity contribution in [3.05, 3.63) is 65.7 Å². The fraction of sp³-hybridized carbons (Fsp3) is 0.667. The van der Waals surface area contributed by atoms with Crippen molar-refractivity contribution in [2.24, 2.45) is 0 Å². The van der Waals surface area contributed by atoms with Gasteiger partial charge in [-0.15, -0.1) is 0 Å². The highest BCUT2D eigenvalue weighted by Gasteiger charge is 2.62. The Bertz CT molecular complexity index is 1310. The summed E-state index contributed by atoms with van der Waals surface area (Å²) in [5, 5.41) is 9.87. The maximum absolute atomic E-state index is 12.0. The number of carboxylic acids is 1. The van der Waals surface area contributed by atoms with Crippen LogP contribution >= 0.6 is 0 Å². The summed E-state index contributed by atoms with van der Waals surface area (Å²) in [5.41, 5.74) is 0.795. The minimum Gasteiger partial charge on any atom is -0.497 e. The van der Waals surface area contributed by atoms with Crippen LogP contribution < -0.4 is 4.74 Å². The summed E-state index contributed by atoms with van der Waals surface area (Å²) >= 11 is 0. The lowest BCUT2D eigenvalue weighted by Crippen LogP contribution is -2.72. The van der Waals surface area contributed by atoms with Gasteiger partial charge in [-0.25, -0.2) is 0 Å². The molecule has 2 aromatic carbocycles. The Morgan fingerprint density at radius 1 is 0.918 bits per heavy atom. The van der Waals surface area contributed by atoms with E-state index in [9.17, 15) is 9.90 Å². The molecule has 0 spiro atoms. The topological polar surface area (TPSA) is 102 Å². The molecule has 0 saturated carbocycles. The first-order valence-electron chi connectivity index (χ1n) is 18.3. The molecule has 3 aliphatic heterocycles. The zero-order valence-electron chi connectivity index (χ0n) is 30.4. The summed E-state index contributed by atoms with van der Waals surface area (Å²) in [5.74, 6) is -0.0708. The largest absolute Gasteiger partial charge is 0.497 e. The van der Waals surface area contributed by atoms with Gasteiger partial charge in [-0.05, 0) is 68.1 Å². The summed E-state index contributed by atoms with van der Waals surface area (Å²) in [6.07, 6.45) is 1.70. The second-order valence-electron chi connectivity index (χ2n) is 14.5. The predicted molar refractivity (Wildman–Crippen MR) is 190 cm³/mol. The van der Waals surface area contributed by atoms with E-state index in [1.165, 1.54) is 0 Å². The summed E-state index contributed by atoms with van der Waals surface area (Å²) < 4.78 is 45.8. The number of methoxy groups -OCH3 is 1. The van der Waals surface area contributed by atoms with Gasteiger partial charge in [0, 0.05) is 25.9 Å². The van der Waals surface area contributed by atoms with Gasteiger partial charge < -0.3 is 38.0 Å². The molecule has 0 unspecified atom stereocenters. The molecule has 0 aliphatic carbocycles. The van der Waals surface area contributed by atoms with E-state index in [4.69, 9.17) is 32.8 Å². The van der Waals surface area contributed by atoms with E-state index < -0.39 is 31.6 Å². The minimum absolute atomic E-state index is 0.0352. The molecule has 9 nitrogen and oxygen atoms in total. The molecule has 10 heteroatoms. The van der Waals surface area contributed by atoms with Gasteiger partial charge in [0.05, 0.1) is 69.0 Å². The first-order chi connectivity index (χ1) is 23.5. The first-order valence-corrected chi connectivity index (χ1v) is 20.8. The highest BCUT2D eigenvalue weighted by Crippen LogP contribution is 2.51. The zero-order chi connectivity index (χ0) is 35.1. The molecule has 0 amide bonds. The molecule has 3 heterocycles. The molecule has 3 fully saturated rings. The average molecular weight is 699 g/mol. The lowest BCUT2D eigenvalue weighted by molar-refractivity contribution is -0.359. The third kappa shape index (κ3) is 9.14. The number of carbonyl (C=O) groups is 1. The summed E-state index contributed by atoms with van der Waals surface area (Å²) in [7, 11) is -0.390. The second kappa shape index (κ2) is 16.8. The van der Waals surface area contributed by atoms with Crippen molar-refractivity contribution in [1.29, 1.82) is 0 Å². The smallest absolute Gasteiger partial charge is 0.306 e. The molecule has 2 aromatic rings. The molecule has 3 saturated heterocycles. The average Bonchev–Trinajstić information content (AvgIpc) is 3.09. The maximum atomic E-state index is 12.0. The van der Waals surface area contributed by atoms with Crippen molar-refractivity contribution in [3.8, 4) is 5.75 Å². The Kier molecular flexibility index (Phi) is 13.0. The third-order valence-electron chi connectivity index (χ3n) is 11.3. The van der Waals surface area contributed by atoms with E-state index in [-0.39, 0.29) is 36.9 Å². The number of aliphatic carboxylic acids is 1. The molecule has 49 heavy (non-hydrogen) atoms. The molecule has 8 atom stereocenters. The van der Waals surface area contributed by atoms with E-state index in [1.54, 1.807) is 7.11 Å². The van der Waals surface area contributed by atoms with Crippen LogP contribution in [0.15, 0.2) is 54.6 Å². The Balaban J connectivity index is 1.33. The van der Waals surface area contributed by atoms with Gasteiger partial charge in [0.25, 0.3) is 0 Å². The normalized spacial score (nSPS) is 31.5. The maximum Gasteiger partial charge on any atom is 0.306 e. The molecular weight excluding hydrogens is 641 g/mol. The predicted octanol–water partition coefficient (Wildman–Crippen LogP) is 7.70. The number of carboxylic acid groups (broad SMARTS) is 1.